The molecule has 3 aromatic carbocycles. The molecule has 1 aliphatic carbocycles. The Labute approximate surface area is 296 Å². The highest BCUT2D eigenvalue weighted by Crippen LogP contribution is 2.42. The molecular formula is C41H60ClNO5. The van der Waals surface area contributed by atoms with Crippen molar-refractivity contribution in [2.45, 2.75) is 126 Å². The normalized spacial score (nSPS) is 12.8. The van der Waals surface area contributed by atoms with Gasteiger partial charge in [0.25, 0.3) is 0 Å². The third-order valence-corrected chi connectivity index (χ3v) is 7.98. The van der Waals surface area contributed by atoms with Crippen LogP contribution in [0.5, 0.6) is 5.75 Å². The van der Waals surface area contributed by atoms with E-state index in [4.69, 9.17) is 25.8 Å². The minimum Gasteiger partial charge on any atom is -0.496 e. The number of hydrogen-bond donors (Lipinski definition) is 0. The second kappa shape index (κ2) is 23.1. The number of unbranched alkanes of at least 4 members (excludes halogenated alkanes) is 1. The van der Waals surface area contributed by atoms with Gasteiger partial charge < -0.3 is 19.1 Å². The zero-order valence-corrected chi connectivity index (χ0v) is 32.1. The van der Waals surface area contributed by atoms with Gasteiger partial charge in [0.2, 0.25) is 6.41 Å². The average molecular weight is 682 g/mol. The van der Waals surface area contributed by atoms with E-state index in [1.165, 1.54) is 31.2 Å². The second-order valence-electron chi connectivity index (χ2n) is 11.5. The molecule has 0 aliphatic heterocycles. The lowest BCUT2D eigenvalue weighted by Crippen LogP contribution is -2.25. The van der Waals surface area contributed by atoms with Crippen molar-refractivity contribution in [3.8, 4) is 5.75 Å². The lowest BCUT2D eigenvalue weighted by atomic mass is 9.94. The smallest absolute Gasteiger partial charge is 0.308 e. The van der Waals surface area contributed by atoms with Crippen LogP contribution in [0.1, 0.15) is 133 Å². The van der Waals surface area contributed by atoms with Crippen molar-refractivity contribution < 1.29 is 23.8 Å². The largest absolute Gasteiger partial charge is 0.496 e. The van der Waals surface area contributed by atoms with Gasteiger partial charge in [-0.05, 0) is 87.4 Å². The zero-order chi connectivity index (χ0) is 36.2. The molecule has 4 rings (SSSR count). The molecule has 1 aliphatic rings. The Kier molecular flexibility index (Phi) is 20.5. The van der Waals surface area contributed by atoms with Crippen LogP contribution in [0.3, 0.4) is 0 Å². The molecule has 0 spiro atoms. The van der Waals surface area contributed by atoms with Gasteiger partial charge in [-0.2, -0.15) is 0 Å². The summed E-state index contributed by atoms with van der Waals surface area (Å²) >= 11 is 6.53. The molecule has 2 unspecified atom stereocenters. The number of ether oxygens (including phenoxy) is 3. The maximum atomic E-state index is 12.6. The number of benzene rings is 3. The summed E-state index contributed by atoms with van der Waals surface area (Å²) in [5.74, 6) is 1.04. The first-order valence-corrected chi connectivity index (χ1v) is 18.1. The van der Waals surface area contributed by atoms with Crippen molar-refractivity contribution in [2.75, 3.05) is 18.6 Å². The van der Waals surface area contributed by atoms with Crippen LogP contribution in [0.2, 0.25) is 5.02 Å². The van der Waals surface area contributed by atoms with Crippen LogP contribution in [-0.2, 0) is 25.6 Å². The van der Waals surface area contributed by atoms with E-state index < -0.39 is 12.2 Å². The van der Waals surface area contributed by atoms with Gasteiger partial charge in [0.15, 0.2) is 0 Å². The van der Waals surface area contributed by atoms with E-state index in [0.29, 0.717) is 29.8 Å². The molecule has 1 fully saturated rings. The summed E-state index contributed by atoms with van der Waals surface area (Å²) in [5, 5.41) is 0.521. The fraction of sp³-hybridized carbons (Fsp3) is 0.512. The molecule has 0 N–H and O–H groups in total. The van der Waals surface area contributed by atoms with Crippen LogP contribution < -0.4 is 9.64 Å². The number of nitrogens with zero attached hydrogens (tertiary/aromatic N) is 1. The van der Waals surface area contributed by atoms with Gasteiger partial charge >= 0.3 is 5.97 Å². The Morgan fingerprint density at radius 2 is 1.60 bits per heavy atom. The number of methoxy groups -OCH3 is 1. The average Bonchev–Trinajstić information content (AvgIpc) is 3.94. The maximum Gasteiger partial charge on any atom is 0.308 e. The number of rotatable bonds is 14. The van der Waals surface area contributed by atoms with Crippen molar-refractivity contribution in [1.29, 1.82) is 0 Å². The highest BCUT2D eigenvalue weighted by molar-refractivity contribution is 6.30. The van der Waals surface area contributed by atoms with E-state index in [9.17, 15) is 9.59 Å². The molecule has 1 saturated carbocycles. The van der Waals surface area contributed by atoms with Crippen LogP contribution in [0.25, 0.3) is 0 Å². The predicted octanol–water partition coefficient (Wildman–Crippen LogP) is 11.3. The van der Waals surface area contributed by atoms with E-state index in [2.05, 4.69) is 32.0 Å². The van der Waals surface area contributed by atoms with Crippen molar-refractivity contribution in [1.82, 2.24) is 0 Å². The Bertz CT molecular complexity index is 1390. The van der Waals surface area contributed by atoms with Gasteiger partial charge in [-0.15, -0.1) is 0 Å². The van der Waals surface area contributed by atoms with Crippen LogP contribution in [0, 0.1) is 13.8 Å². The number of carbonyl (C=O) groups is 2. The van der Waals surface area contributed by atoms with Gasteiger partial charge in [-0.25, -0.2) is 0 Å². The molecule has 0 aromatic heterocycles. The standard InChI is InChI=1S/C33H38ClNO5.C4H10.2C2H6/c1-6-39-32(37)16-23(4)40-33(28-13-7-21(2)15-22(28)3)29-18-27(34)12-14-30(29)35(20-36)19-26-11-10-25(24-8-9-24)17-31(26)38-5;1-3-4-2;2*1-2/h7,10-15,17-18,20,23-24,33H,6,8-9,16,19H2,1-5H3;3-4H2,1-2H3;2*1-2H3. The van der Waals surface area contributed by atoms with Crippen LogP contribution in [0.15, 0.2) is 54.6 Å². The first-order valence-electron chi connectivity index (χ1n) is 17.7. The molecule has 0 radical (unpaired) electrons. The minimum absolute atomic E-state index is 0.104. The molecule has 0 saturated heterocycles. The summed E-state index contributed by atoms with van der Waals surface area (Å²) in [4.78, 5) is 26.5. The molecule has 7 heteroatoms. The highest BCUT2D eigenvalue weighted by atomic mass is 35.5. The first-order chi connectivity index (χ1) is 23.1. The summed E-state index contributed by atoms with van der Waals surface area (Å²) < 4.78 is 17.4. The number of anilines is 1. The fourth-order valence-electron chi connectivity index (χ4n) is 5.09. The van der Waals surface area contributed by atoms with E-state index in [1.807, 2.05) is 78.8 Å². The number of esters is 1. The molecule has 266 valence electrons. The number of aryl methyl sites for hydroxylation is 2. The van der Waals surface area contributed by atoms with Gasteiger partial charge in [0.05, 0.1) is 32.8 Å². The van der Waals surface area contributed by atoms with Crippen molar-refractivity contribution in [3.05, 3.63) is 93.0 Å². The van der Waals surface area contributed by atoms with Gasteiger partial charge in [-0.3, -0.25) is 9.59 Å². The summed E-state index contributed by atoms with van der Waals surface area (Å²) in [6.07, 6.45) is 4.93. The van der Waals surface area contributed by atoms with Crippen LogP contribution in [0.4, 0.5) is 5.69 Å². The predicted molar refractivity (Wildman–Crippen MR) is 202 cm³/mol. The lowest BCUT2D eigenvalue weighted by molar-refractivity contribution is -0.146. The van der Waals surface area contributed by atoms with Crippen LogP contribution in [-0.4, -0.2) is 32.2 Å². The Morgan fingerprint density at radius 1 is 0.938 bits per heavy atom. The first kappa shape index (κ1) is 42.7. The molecule has 48 heavy (non-hydrogen) atoms. The summed E-state index contributed by atoms with van der Waals surface area (Å²) in [7, 11) is 1.66. The van der Waals surface area contributed by atoms with Gasteiger partial charge in [0.1, 0.15) is 11.9 Å². The SMILES string of the molecule is CC.CC.CCCC.CCOC(=O)CC(C)OC(c1ccc(C)cc1C)c1cc(Cl)ccc1N(C=O)Cc1ccc(C2CC2)cc1OC. The van der Waals surface area contributed by atoms with Crippen molar-refractivity contribution >= 4 is 29.7 Å². The van der Waals surface area contributed by atoms with Crippen molar-refractivity contribution in [3.63, 3.8) is 0 Å². The Balaban J connectivity index is 0.00000132. The number of amides is 1. The minimum atomic E-state index is -0.583. The molecule has 1 amide bonds. The monoisotopic (exact) mass is 681 g/mol. The summed E-state index contributed by atoms with van der Waals surface area (Å²) in [5.41, 5.74) is 6.67. The quantitative estimate of drug-likeness (QED) is 0.125. The Hall–Kier alpha value is -3.35. The summed E-state index contributed by atoms with van der Waals surface area (Å²) in [6.45, 7) is 20.7. The third kappa shape index (κ3) is 13.3. The molecular weight excluding hydrogens is 622 g/mol. The molecule has 0 bridgehead atoms. The highest BCUT2D eigenvalue weighted by Gasteiger charge is 2.28. The number of hydrogen-bond acceptors (Lipinski definition) is 5. The topological polar surface area (TPSA) is 65.1 Å². The molecule has 6 nitrogen and oxygen atoms in total. The van der Waals surface area contributed by atoms with Crippen LogP contribution >= 0.6 is 11.6 Å². The van der Waals surface area contributed by atoms with E-state index in [1.54, 1.807) is 25.0 Å². The lowest BCUT2D eigenvalue weighted by Gasteiger charge is -2.29. The Morgan fingerprint density at radius 3 is 2.15 bits per heavy atom. The summed E-state index contributed by atoms with van der Waals surface area (Å²) in [6, 6.07) is 17.8. The number of halogens is 1. The van der Waals surface area contributed by atoms with Crippen molar-refractivity contribution in [2.24, 2.45) is 0 Å². The fourth-order valence-corrected chi connectivity index (χ4v) is 5.27. The third-order valence-electron chi connectivity index (χ3n) is 7.74. The van der Waals surface area contributed by atoms with Gasteiger partial charge in [0, 0.05) is 21.8 Å². The van der Waals surface area contributed by atoms with E-state index >= 15 is 0 Å². The zero-order valence-electron chi connectivity index (χ0n) is 31.3. The molecule has 3 aromatic rings. The molecule has 0 heterocycles. The van der Waals surface area contributed by atoms with E-state index in [-0.39, 0.29) is 12.4 Å². The second-order valence-corrected chi connectivity index (χ2v) is 11.9. The number of carbonyl (C=O) groups excluding carboxylic acids is 2. The maximum absolute atomic E-state index is 12.6. The molecule has 2 atom stereocenters. The van der Waals surface area contributed by atoms with Gasteiger partial charge in [-0.1, -0.05) is 102 Å². The van der Waals surface area contributed by atoms with E-state index in [0.717, 1.165) is 40.0 Å².